The monoisotopic (exact) mass is 413 g/mol. The molecule has 3 nitrogen and oxygen atoms in total. The number of H-pyrrole nitrogens is 1. The number of pyridine rings is 1. The second-order valence-electron chi connectivity index (χ2n) is 6.95. The number of hydrogen-bond donors (Lipinski definition) is 2. The predicted molar refractivity (Wildman–Crippen MR) is 120 cm³/mol. The molecular weight excluding hydrogens is 397 g/mol. The lowest BCUT2D eigenvalue weighted by Gasteiger charge is -2.08. The van der Waals surface area contributed by atoms with E-state index in [1.54, 1.807) is 30.3 Å². The van der Waals surface area contributed by atoms with Crippen LogP contribution in [0.4, 0.5) is 4.39 Å². The maximum absolute atomic E-state index is 14.1. The zero-order valence-corrected chi connectivity index (χ0v) is 16.5. The minimum Gasteiger partial charge on any atom is -0.506 e. The Bertz CT molecular complexity index is 1420. The second kappa shape index (κ2) is 7.28. The molecule has 5 rings (SSSR count). The van der Waals surface area contributed by atoms with E-state index in [9.17, 15) is 14.3 Å². The van der Waals surface area contributed by atoms with Crippen LogP contribution in [0.5, 0.6) is 5.75 Å². The van der Waals surface area contributed by atoms with E-state index in [0.717, 1.165) is 16.7 Å². The number of aromatic hydroxyl groups is 1. The molecule has 146 valence electrons. The van der Waals surface area contributed by atoms with Gasteiger partial charge >= 0.3 is 0 Å². The summed E-state index contributed by atoms with van der Waals surface area (Å²) in [6.07, 6.45) is 0. The molecule has 0 amide bonds. The van der Waals surface area contributed by atoms with Crippen LogP contribution in [-0.2, 0) is 0 Å². The summed E-state index contributed by atoms with van der Waals surface area (Å²) in [5.41, 5.74) is 3.60. The fourth-order valence-corrected chi connectivity index (χ4v) is 4.66. The van der Waals surface area contributed by atoms with Crippen LogP contribution < -0.4 is 5.56 Å². The first kappa shape index (κ1) is 18.3. The van der Waals surface area contributed by atoms with Crippen LogP contribution in [0.15, 0.2) is 89.0 Å². The Kier molecular flexibility index (Phi) is 4.45. The third-order valence-corrected chi connectivity index (χ3v) is 6.06. The molecule has 0 bridgehead atoms. The molecule has 0 radical (unpaired) electrons. The Morgan fingerprint density at radius 1 is 0.767 bits per heavy atom. The van der Waals surface area contributed by atoms with Gasteiger partial charge in [0.15, 0.2) is 0 Å². The highest BCUT2D eigenvalue weighted by molar-refractivity contribution is 7.17. The summed E-state index contributed by atoms with van der Waals surface area (Å²) >= 11 is 1.37. The van der Waals surface area contributed by atoms with Crippen LogP contribution in [0.25, 0.3) is 43.6 Å². The van der Waals surface area contributed by atoms with Crippen LogP contribution in [0, 0.1) is 5.82 Å². The van der Waals surface area contributed by atoms with Crippen LogP contribution in [-0.4, -0.2) is 10.1 Å². The van der Waals surface area contributed by atoms with Gasteiger partial charge in [0.05, 0.1) is 10.9 Å². The topological polar surface area (TPSA) is 53.1 Å². The Hall–Kier alpha value is -3.70. The number of nitrogens with one attached hydrogen (secondary N) is 1. The Labute approximate surface area is 175 Å². The molecule has 0 unspecified atom stereocenters. The highest BCUT2D eigenvalue weighted by Crippen LogP contribution is 2.41. The van der Waals surface area contributed by atoms with Crippen LogP contribution in [0.1, 0.15) is 0 Å². The molecule has 30 heavy (non-hydrogen) atoms. The van der Waals surface area contributed by atoms with Crippen molar-refractivity contribution in [2.75, 3.05) is 0 Å². The zero-order chi connectivity index (χ0) is 20.7. The number of benzene rings is 3. The number of halogens is 1. The summed E-state index contributed by atoms with van der Waals surface area (Å²) < 4.78 is 14.1. The van der Waals surface area contributed by atoms with Gasteiger partial charge in [-0.15, -0.1) is 11.3 Å². The van der Waals surface area contributed by atoms with Crippen molar-refractivity contribution >= 4 is 21.6 Å². The predicted octanol–water partition coefficient (Wildman–Crippen LogP) is 6.44. The lowest BCUT2D eigenvalue weighted by molar-refractivity contribution is 0.483. The van der Waals surface area contributed by atoms with E-state index < -0.39 is 0 Å². The first-order valence-corrected chi connectivity index (χ1v) is 10.3. The maximum atomic E-state index is 14.1. The van der Waals surface area contributed by atoms with Gasteiger partial charge in [-0.1, -0.05) is 72.8 Å². The average molecular weight is 413 g/mol. The first-order chi connectivity index (χ1) is 14.6. The molecule has 0 saturated heterocycles. The van der Waals surface area contributed by atoms with E-state index in [-0.39, 0.29) is 22.7 Å². The van der Waals surface area contributed by atoms with Crippen molar-refractivity contribution in [1.82, 2.24) is 4.98 Å². The molecule has 5 aromatic rings. The summed E-state index contributed by atoms with van der Waals surface area (Å²) in [6.45, 7) is 0. The highest BCUT2D eigenvalue weighted by Gasteiger charge is 2.18. The van der Waals surface area contributed by atoms with Gasteiger partial charge in [0, 0.05) is 16.5 Å². The number of hydrogen-bond acceptors (Lipinski definition) is 3. The Balaban J connectivity index is 1.65. The summed E-state index contributed by atoms with van der Waals surface area (Å²) in [5.74, 6) is -0.302. The summed E-state index contributed by atoms with van der Waals surface area (Å²) in [5, 5.41) is 13.5. The van der Waals surface area contributed by atoms with Gasteiger partial charge < -0.3 is 10.1 Å². The molecule has 0 fully saturated rings. The summed E-state index contributed by atoms with van der Waals surface area (Å²) in [7, 11) is 0. The van der Waals surface area contributed by atoms with Gasteiger partial charge in [-0.3, -0.25) is 4.79 Å². The normalized spacial score (nSPS) is 11.1. The summed E-state index contributed by atoms with van der Waals surface area (Å²) in [4.78, 5) is 16.1. The van der Waals surface area contributed by atoms with Crippen molar-refractivity contribution in [2.45, 2.75) is 0 Å². The average Bonchev–Trinajstić information content (AvgIpc) is 3.19. The number of aromatic nitrogens is 1. The van der Waals surface area contributed by atoms with Crippen molar-refractivity contribution in [2.24, 2.45) is 0 Å². The van der Waals surface area contributed by atoms with Gasteiger partial charge in [0.1, 0.15) is 16.4 Å². The molecule has 0 saturated carbocycles. The van der Waals surface area contributed by atoms with Gasteiger partial charge in [-0.25, -0.2) is 4.39 Å². The number of thiophene rings is 1. The van der Waals surface area contributed by atoms with Crippen molar-refractivity contribution < 1.29 is 9.50 Å². The highest BCUT2D eigenvalue weighted by atomic mass is 32.1. The molecule has 2 N–H and O–H groups in total. The van der Waals surface area contributed by atoms with Gasteiger partial charge in [-0.05, 0) is 22.8 Å². The van der Waals surface area contributed by atoms with E-state index in [2.05, 4.69) is 4.98 Å². The zero-order valence-electron chi connectivity index (χ0n) is 15.7. The van der Waals surface area contributed by atoms with Crippen molar-refractivity contribution in [3.05, 3.63) is 100 Å². The number of aromatic amines is 1. The maximum Gasteiger partial charge on any atom is 0.260 e. The Morgan fingerprint density at radius 2 is 1.40 bits per heavy atom. The minimum absolute atomic E-state index is 0.0330. The second-order valence-corrected chi connectivity index (χ2v) is 7.83. The van der Waals surface area contributed by atoms with E-state index in [4.69, 9.17) is 0 Å². The first-order valence-electron chi connectivity index (χ1n) is 9.40. The van der Waals surface area contributed by atoms with Crippen LogP contribution in [0.2, 0.25) is 0 Å². The smallest absolute Gasteiger partial charge is 0.260 e. The van der Waals surface area contributed by atoms with E-state index in [1.807, 2.05) is 47.8 Å². The van der Waals surface area contributed by atoms with Crippen molar-refractivity contribution in [3.8, 4) is 39.1 Å². The molecular formula is C25H16FNO2S. The molecule has 3 aromatic carbocycles. The SMILES string of the molecule is O=c1[nH]c2scc(-c3ccc(-c4ccccc4F)cc3)c2c(O)c1-c1ccccc1. The molecule has 0 aliphatic heterocycles. The quantitative estimate of drug-likeness (QED) is 0.358. The van der Waals surface area contributed by atoms with Crippen molar-refractivity contribution in [3.63, 3.8) is 0 Å². The molecule has 2 aromatic heterocycles. The van der Waals surface area contributed by atoms with Crippen LogP contribution in [0.3, 0.4) is 0 Å². The Morgan fingerprint density at radius 3 is 2.10 bits per heavy atom. The van der Waals surface area contributed by atoms with Gasteiger partial charge in [0.25, 0.3) is 5.56 Å². The standard InChI is InChI=1S/C25H16FNO2S/c26-20-9-5-4-8-18(20)15-10-12-16(13-11-15)19-14-30-25-22(19)23(28)21(24(29)27-25)17-6-2-1-3-7-17/h1-14H,(H2,27,28,29). The molecule has 0 spiro atoms. The van der Waals surface area contributed by atoms with E-state index >= 15 is 0 Å². The van der Waals surface area contributed by atoms with Crippen molar-refractivity contribution in [1.29, 1.82) is 0 Å². The lowest BCUT2D eigenvalue weighted by Crippen LogP contribution is -2.08. The third kappa shape index (κ3) is 3.00. The van der Waals surface area contributed by atoms with Gasteiger partial charge in [0.2, 0.25) is 0 Å². The largest absolute Gasteiger partial charge is 0.506 e. The number of rotatable bonds is 3. The lowest BCUT2D eigenvalue weighted by atomic mass is 9.98. The fraction of sp³-hybridized carbons (Fsp3) is 0. The molecule has 2 heterocycles. The summed E-state index contributed by atoms with van der Waals surface area (Å²) in [6, 6.07) is 23.3. The minimum atomic E-state index is -0.325. The number of fused-ring (bicyclic) bond motifs is 1. The van der Waals surface area contributed by atoms with Crippen LogP contribution >= 0.6 is 11.3 Å². The van der Waals surface area contributed by atoms with E-state index in [1.165, 1.54) is 17.4 Å². The molecule has 0 aliphatic rings. The van der Waals surface area contributed by atoms with Gasteiger partial charge in [-0.2, -0.15) is 0 Å². The molecule has 5 heteroatoms. The van der Waals surface area contributed by atoms with E-state index in [0.29, 0.717) is 21.3 Å². The fourth-order valence-electron chi connectivity index (χ4n) is 3.69. The molecule has 0 atom stereocenters. The molecule has 0 aliphatic carbocycles. The third-order valence-electron chi connectivity index (χ3n) is 5.16.